The van der Waals surface area contributed by atoms with E-state index in [1.807, 2.05) is 6.92 Å². The number of fused-ring (bicyclic) bond motifs is 1. The molecule has 4 aromatic rings. The number of carbonyl (C=O) groups is 2. The third-order valence-electron chi connectivity index (χ3n) is 5.39. The predicted molar refractivity (Wildman–Crippen MR) is 126 cm³/mol. The first-order valence-corrected chi connectivity index (χ1v) is 11.6. The van der Waals surface area contributed by atoms with Crippen molar-refractivity contribution in [1.82, 2.24) is 4.57 Å². The van der Waals surface area contributed by atoms with E-state index in [-0.39, 0.29) is 10.8 Å². The molecule has 0 saturated heterocycles. The predicted octanol–water partition coefficient (Wildman–Crippen LogP) is 4.53. The Labute approximate surface area is 191 Å². The number of sulfonamides is 1. The van der Waals surface area contributed by atoms with Crippen LogP contribution >= 0.6 is 0 Å². The van der Waals surface area contributed by atoms with Crippen LogP contribution in [0, 0.1) is 13.8 Å². The van der Waals surface area contributed by atoms with Gasteiger partial charge in [0.2, 0.25) is 0 Å². The van der Waals surface area contributed by atoms with Gasteiger partial charge in [-0.25, -0.2) is 13.2 Å². The van der Waals surface area contributed by atoms with Gasteiger partial charge in [0.05, 0.1) is 28.8 Å². The normalized spacial score (nSPS) is 11.4. The van der Waals surface area contributed by atoms with Crippen LogP contribution in [0.2, 0.25) is 0 Å². The number of nitrogens with one attached hydrogen (secondary N) is 1. The van der Waals surface area contributed by atoms with Crippen LogP contribution in [-0.4, -0.2) is 32.0 Å². The first kappa shape index (κ1) is 22.3. The monoisotopic (exact) mass is 462 g/mol. The van der Waals surface area contributed by atoms with Crippen molar-refractivity contribution in [2.24, 2.45) is 0 Å². The number of carbonyl (C=O) groups excluding carboxylic acids is 2. The van der Waals surface area contributed by atoms with Crippen molar-refractivity contribution in [2.45, 2.75) is 18.7 Å². The van der Waals surface area contributed by atoms with Crippen molar-refractivity contribution < 1.29 is 22.7 Å². The molecule has 1 N–H and O–H groups in total. The maximum absolute atomic E-state index is 13.3. The van der Waals surface area contributed by atoms with Crippen LogP contribution in [0.4, 0.5) is 5.69 Å². The number of hydrogen-bond donors (Lipinski definition) is 1. The summed E-state index contributed by atoms with van der Waals surface area (Å²) in [5.41, 5.74) is 3.13. The Balaban J connectivity index is 1.67. The second-order valence-electron chi connectivity index (χ2n) is 7.67. The third kappa shape index (κ3) is 4.25. The summed E-state index contributed by atoms with van der Waals surface area (Å²) < 4.78 is 34.3. The van der Waals surface area contributed by atoms with Crippen molar-refractivity contribution in [3.05, 3.63) is 95.2 Å². The van der Waals surface area contributed by atoms with Crippen LogP contribution in [0.25, 0.3) is 10.9 Å². The highest BCUT2D eigenvalue weighted by Gasteiger charge is 2.21. The first-order valence-electron chi connectivity index (χ1n) is 10.1. The summed E-state index contributed by atoms with van der Waals surface area (Å²) in [5.74, 6) is -0.882. The fourth-order valence-electron chi connectivity index (χ4n) is 3.59. The van der Waals surface area contributed by atoms with Gasteiger partial charge < -0.3 is 4.74 Å². The van der Waals surface area contributed by atoms with E-state index in [0.717, 1.165) is 5.56 Å². The van der Waals surface area contributed by atoms with Crippen molar-refractivity contribution >= 4 is 38.5 Å². The maximum atomic E-state index is 13.3. The number of benzene rings is 3. The quantitative estimate of drug-likeness (QED) is 0.440. The zero-order chi connectivity index (χ0) is 23.8. The van der Waals surface area contributed by atoms with Crippen LogP contribution in [0.1, 0.15) is 31.8 Å². The third-order valence-corrected chi connectivity index (χ3v) is 6.77. The Morgan fingerprint density at radius 3 is 2.30 bits per heavy atom. The molecule has 0 amide bonds. The molecule has 3 aromatic carbocycles. The maximum Gasteiger partial charge on any atom is 0.340 e. The van der Waals surface area contributed by atoms with Gasteiger partial charge in [0.15, 0.2) is 0 Å². The lowest BCUT2D eigenvalue weighted by Gasteiger charge is -2.12. The van der Waals surface area contributed by atoms with Gasteiger partial charge in [0.1, 0.15) is 0 Å². The molecule has 0 aliphatic rings. The first-order chi connectivity index (χ1) is 15.7. The minimum absolute atomic E-state index is 0.154. The lowest BCUT2D eigenvalue weighted by atomic mass is 10.1. The Morgan fingerprint density at radius 1 is 0.939 bits per heavy atom. The Morgan fingerprint density at radius 2 is 1.64 bits per heavy atom. The number of nitrogens with zero attached hydrogens (tertiary/aromatic N) is 1. The number of esters is 1. The van der Waals surface area contributed by atoms with Crippen molar-refractivity contribution in [2.75, 3.05) is 11.8 Å². The van der Waals surface area contributed by atoms with Crippen LogP contribution < -0.4 is 4.72 Å². The lowest BCUT2D eigenvalue weighted by molar-refractivity contribution is 0.0603. The molecule has 1 aromatic heterocycles. The Kier molecular flexibility index (Phi) is 5.78. The van der Waals surface area contributed by atoms with Gasteiger partial charge in [-0.3, -0.25) is 14.1 Å². The molecule has 33 heavy (non-hydrogen) atoms. The van der Waals surface area contributed by atoms with Crippen molar-refractivity contribution in [1.29, 1.82) is 0 Å². The molecule has 0 spiro atoms. The van der Waals surface area contributed by atoms with E-state index in [1.54, 1.807) is 73.7 Å². The second kappa shape index (κ2) is 8.55. The van der Waals surface area contributed by atoms with Gasteiger partial charge in [0, 0.05) is 17.1 Å². The summed E-state index contributed by atoms with van der Waals surface area (Å²) >= 11 is 0. The number of rotatable bonds is 5. The highest BCUT2D eigenvalue weighted by molar-refractivity contribution is 7.92. The second-order valence-corrected chi connectivity index (χ2v) is 9.36. The van der Waals surface area contributed by atoms with Gasteiger partial charge in [-0.2, -0.15) is 0 Å². The molecule has 168 valence electrons. The molecule has 0 fully saturated rings. The highest BCUT2D eigenvalue weighted by atomic mass is 32.2. The van der Waals surface area contributed by atoms with Gasteiger partial charge in [0.25, 0.3) is 15.9 Å². The summed E-state index contributed by atoms with van der Waals surface area (Å²) in [6.07, 6.45) is 1.46. The average molecular weight is 463 g/mol. The number of aromatic nitrogens is 1. The molecule has 8 heteroatoms. The van der Waals surface area contributed by atoms with Crippen LogP contribution in [0.15, 0.2) is 77.8 Å². The molecule has 1 heterocycles. The Hall–Kier alpha value is -3.91. The number of aryl methyl sites for hydroxylation is 2. The minimum atomic E-state index is -3.77. The summed E-state index contributed by atoms with van der Waals surface area (Å²) in [5, 5.41) is 0.608. The average Bonchev–Trinajstić information content (AvgIpc) is 3.19. The Bertz CT molecular complexity index is 1490. The number of hydrogen-bond acceptors (Lipinski definition) is 5. The minimum Gasteiger partial charge on any atom is -0.465 e. The summed E-state index contributed by atoms with van der Waals surface area (Å²) in [4.78, 5) is 25.6. The van der Waals surface area contributed by atoms with E-state index in [1.165, 1.54) is 17.9 Å². The van der Waals surface area contributed by atoms with E-state index in [0.29, 0.717) is 33.3 Å². The van der Waals surface area contributed by atoms with E-state index in [4.69, 9.17) is 4.74 Å². The van der Waals surface area contributed by atoms with Gasteiger partial charge in [-0.15, -0.1) is 0 Å². The molecule has 0 radical (unpaired) electrons. The fourth-order valence-corrected chi connectivity index (χ4v) is 4.72. The van der Waals surface area contributed by atoms with Crippen LogP contribution in [0.5, 0.6) is 0 Å². The number of anilines is 1. The zero-order valence-electron chi connectivity index (χ0n) is 18.3. The molecule has 0 aliphatic carbocycles. The molecular formula is C25H22N2O5S. The topological polar surface area (TPSA) is 94.5 Å². The SMILES string of the molecule is COC(=O)c1cn(C(=O)c2ccc(NS(=O)(=O)c3ccc(C)cc3)c(C)c2)c2ccccc12. The molecule has 0 saturated carbocycles. The number of methoxy groups -OCH3 is 1. The summed E-state index contributed by atoms with van der Waals surface area (Å²) in [6, 6.07) is 18.3. The number of para-hydroxylation sites is 1. The largest absolute Gasteiger partial charge is 0.465 e. The standard InChI is InChI=1S/C25H22N2O5S/c1-16-8-11-19(12-9-16)33(30,31)26-22-13-10-18(14-17(22)2)24(28)27-15-21(25(29)32-3)20-6-4-5-7-23(20)27/h4-15,26H,1-3H3. The van der Waals surface area contributed by atoms with Gasteiger partial charge in [-0.05, 0) is 55.8 Å². The van der Waals surface area contributed by atoms with Gasteiger partial charge in [-0.1, -0.05) is 35.9 Å². The molecule has 4 rings (SSSR count). The summed E-state index contributed by atoms with van der Waals surface area (Å²) in [7, 11) is -2.48. The molecule has 0 unspecified atom stereocenters. The van der Waals surface area contributed by atoms with Crippen molar-refractivity contribution in [3.8, 4) is 0 Å². The van der Waals surface area contributed by atoms with E-state index >= 15 is 0 Å². The van der Waals surface area contributed by atoms with E-state index < -0.39 is 16.0 Å². The molecule has 0 bridgehead atoms. The zero-order valence-corrected chi connectivity index (χ0v) is 19.1. The van der Waals surface area contributed by atoms with Crippen LogP contribution in [-0.2, 0) is 14.8 Å². The van der Waals surface area contributed by atoms with E-state index in [9.17, 15) is 18.0 Å². The van der Waals surface area contributed by atoms with E-state index in [2.05, 4.69) is 4.72 Å². The van der Waals surface area contributed by atoms with Gasteiger partial charge >= 0.3 is 5.97 Å². The molecule has 0 atom stereocenters. The number of ether oxygens (including phenoxy) is 1. The smallest absolute Gasteiger partial charge is 0.340 e. The van der Waals surface area contributed by atoms with Crippen LogP contribution in [0.3, 0.4) is 0 Å². The molecular weight excluding hydrogens is 440 g/mol. The highest BCUT2D eigenvalue weighted by Crippen LogP contribution is 2.25. The lowest BCUT2D eigenvalue weighted by Crippen LogP contribution is -2.15. The molecule has 0 aliphatic heterocycles. The van der Waals surface area contributed by atoms with Crippen molar-refractivity contribution in [3.63, 3.8) is 0 Å². The summed E-state index contributed by atoms with van der Waals surface area (Å²) in [6.45, 7) is 3.60. The fraction of sp³-hybridized carbons (Fsp3) is 0.120. The molecule has 7 nitrogen and oxygen atoms in total.